The Morgan fingerprint density at radius 1 is 1.64 bits per heavy atom. The normalized spacial score (nSPS) is 12.2. The summed E-state index contributed by atoms with van der Waals surface area (Å²) in [6.45, 7) is 7.83. The molecule has 0 aliphatic carbocycles. The molecule has 0 radical (unpaired) electrons. The average molecular weight is 217 g/mol. The van der Waals surface area contributed by atoms with Crippen molar-refractivity contribution in [3.05, 3.63) is 12.2 Å². The molecule has 0 saturated heterocycles. The van der Waals surface area contributed by atoms with E-state index in [4.69, 9.17) is 10.5 Å². The average Bonchev–Trinajstić information content (AvgIpc) is 2.12. The second kappa shape index (κ2) is 7.88. The van der Waals surface area contributed by atoms with E-state index in [0.29, 0.717) is 17.9 Å². The topological polar surface area (TPSA) is 52.3 Å². The summed E-state index contributed by atoms with van der Waals surface area (Å²) in [5.74, 6) is 1.29. The molecule has 0 rings (SSSR count). The lowest BCUT2D eigenvalue weighted by Gasteiger charge is -2.06. The van der Waals surface area contributed by atoms with Crippen LogP contribution in [0.15, 0.2) is 12.2 Å². The van der Waals surface area contributed by atoms with Gasteiger partial charge in [0.1, 0.15) is 0 Å². The largest absolute Gasteiger partial charge is 0.463 e. The summed E-state index contributed by atoms with van der Waals surface area (Å²) in [6.07, 6.45) is 0.959. The highest BCUT2D eigenvalue weighted by Gasteiger charge is 2.07. The molecular formula is C10H19NO2S. The van der Waals surface area contributed by atoms with Crippen LogP contribution in [0.25, 0.3) is 0 Å². The first-order valence-electron chi connectivity index (χ1n) is 4.76. The Morgan fingerprint density at radius 2 is 2.29 bits per heavy atom. The zero-order valence-electron chi connectivity index (χ0n) is 8.91. The van der Waals surface area contributed by atoms with Crippen LogP contribution < -0.4 is 5.73 Å². The highest BCUT2D eigenvalue weighted by atomic mass is 32.2. The molecule has 0 aliphatic rings. The molecule has 1 atom stereocenters. The van der Waals surface area contributed by atoms with E-state index in [-0.39, 0.29) is 12.0 Å². The smallest absolute Gasteiger partial charge is 0.334 e. The number of ether oxygens (including phenoxy) is 1. The number of nitrogens with two attached hydrogens (primary N) is 1. The Bertz CT molecular complexity index is 193. The first kappa shape index (κ1) is 13.5. The summed E-state index contributed by atoms with van der Waals surface area (Å²) < 4.78 is 4.81. The van der Waals surface area contributed by atoms with Crippen LogP contribution in [0.5, 0.6) is 0 Å². The van der Waals surface area contributed by atoms with E-state index in [9.17, 15) is 4.79 Å². The molecule has 4 heteroatoms. The minimum absolute atomic E-state index is 0.221. The maximum absolute atomic E-state index is 11.1. The van der Waals surface area contributed by atoms with E-state index in [0.717, 1.165) is 12.2 Å². The van der Waals surface area contributed by atoms with Gasteiger partial charge in [0.25, 0.3) is 0 Å². The van der Waals surface area contributed by atoms with Crippen molar-refractivity contribution in [2.24, 2.45) is 5.73 Å². The molecule has 14 heavy (non-hydrogen) atoms. The van der Waals surface area contributed by atoms with Crippen molar-refractivity contribution in [3.63, 3.8) is 0 Å². The molecule has 0 amide bonds. The molecule has 0 fully saturated rings. The van der Waals surface area contributed by atoms with Crippen molar-refractivity contribution in [2.75, 3.05) is 18.1 Å². The van der Waals surface area contributed by atoms with Gasteiger partial charge in [0.2, 0.25) is 0 Å². The summed E-state index contributed by atoms with van der Waals surface area (Å²) in [5.41, 5.74) is 6.12. The van der Waals surface area contributed by atoms with Gasteiger partial charge in [-0.2, -0.15) is 11.8 Å². The Kier molecular flexibility index (Phi) is 7.61. The molecule has 0 saturated carbocycles. The third kappa shape index (κ3) is 6.97. The second-order valence-electron chi connectivity index (χ2n) is 3.14. The van der Waals surface area contributed by atoms with Crippen molar-refractivity contribution < 1.29 is 9.53 Å². The Balaban J connectivity index is 3.49. The number of carbonyl (C=O) groups is 1. The first-order valence-corrected chi connectivity index (χ1v) is 5.91. The van der Waals surface area contributed by atoms with Gasteiger partial charge in [-0.15, -0.1) is 0 Å². The van der Waals surface area contributed by atoms with Crippen LogP contribution in [0.2, 0.25) is 0 Å². The molecule has 82 valence electrons. The summed E-state index contributed by atoms with van der Waals surface area (Å²) >= 11 is 1.66. The lowest BCUT2D eigenvalue weighted by molar-refractivity contribution is -0.138. The van der Waals surface area contributed by atoms with Crippen LogP contribution in [-0.2, 0) is 9.53 Å². The van der Waals surface area contributed by atoms with Gasteiger partial charge in [0.05, 0.1) is 6.61 Å². The van der Waals surface area contributed by atoms with E-state index in [1.807, 2.05) is 6.92 Å². The first-order chi connectivity index (χ1) is 6.57. The summed E-state index contributed by atoms with van der Waals surface area (Å²) in [7, 11) is 0. The summed E-state index contributed by atoms with van der Waals surface area (Å²) in [4.78, 5) is 11.1. The van der Waals surface area contributed by atoms with Gasteiger partial charge in [-0.3, -0.25) is 0 Å². The van der Waals surface area contributed by atoms with Crippen molar-refractivity contribution in [2.45, 2.75) is 26.3 Å². The number of esters is 1. The van der Waals surface area contributed by atoms with Crippen LogP contribution in [0.3, 0.4) is 0 Å². The number of thioether (sulfide) groups is 1. The van der Waals surface area contributed by atoms with Crippen LogP contribution in [0.4, 0.5) is 0 Å². The van der Waals surface area contributed by atoms with Crippen LogP contribution in [0.1, 0.15) is 20.3 Å². The number of carbonyl (C=O) groups excluding carboxylic acids is 1. The fourth-order valence-electron chi connectivity index (χ4n) is 0.757. The molecule has 0 aromatic heterocycles. The minimum Gasteiger partial charge on any atom is -0.463 e. The van der Waals surface area contributed by atoms with Crippen molar-refractivity contribution in [1.29, 1.82) is 0 Å². The molecular weight excluding hydrogens is 198 g/mol. The van der Waals surface area contributed by atoms with E-state index >= 15 is 0 Å². The number of rotatable bonds is 7. The van der Waals surface area contributed by atoms with Gasteiger partial charge in [-0.05, 0) is 26.0 Å². The number of hydrogen-bond donors (Lipinski definition) is 1. The zero-order valence-corrected chi connectivity index (χ0v) is 9.73. The predicted molar refractivity (Wildman–Crippen MR) is 61.4 cm³/mol. The maximum Gasteiger partial charge on any atom is 0.334 e. The lowest BCUT2D eigenvalue weighted by Crippen LogP contribution is -2.15. The van der Waals surface area contributed by atoms with Crippen LogP contribution >= 0.6 is 11.8 Å². The SMILES string of the molecule is C=C(CSCCC(C)N)C(=O)OCC. The van der Waals surface area contributed by atoms with Crippen LogP contribution in [-0.4, -0.2) is 30.1 Å². The molecule has 0 aliphatic heterocycles. The third-order valence-electron chi connectivity index (χ3n) is 1.56. The molecule has 0 spiro atoms. The standard InChI is InChI=1S/C10H19NO2S/c1-4-13-10(12)8(2)7-14-6-5-9(3)11/h9H,2,4-7,11H2,1,3H3. The fourth-order valence-corrected chi connectivity index (χ4v) is 1.80. The quantitative estimate of drug-likeness (QED) is 0.399. The van der Waals surface area contributed by atoms with Crippen molar-refractivity contribution in [3.8, 4) is 0 Å². The Labute approximate surface area is 90.1 Å². The van der Waals surface area contributed by atoms with Gasteiger partial charge in [-0.1, -0.05) is 6.58 Å². The molecule has 0 aromatic carbocycles. The van der Waals surface area contributed by atoms with E-state index in [2.05, 4.69) is 6.58 Å². The molecule has 0 heterocycles. The van der Waals surface area contributed by atoms with Crippen molar-refractivity contribution >= 4 is 17.7 Å². The van der Waals surface area contributed by atoms with E-state index in [1.54, 1.807) is 18.7 Å². The van der Waals surface area contributed by atoms with E-state index in [1.165, 1.54) is 0 Å². The van der Waals surface area contributed by atoms with Crippen LogP contribution in [0, 0.1) is 0 Å². The highest BCUT2D eigenvalue weighted by molar-refractivity contribution is 7.99. The maximum atomic E-state index is 11.1. The lowest BCUT2D eigenvalue weighted by atomic mass is 10.3. The van der Waals surface area contributed by atoms with Crippen molar-refractivity contribution in [1.82, 2.24) is 0 Å². The molecule has 2 N–H and O–H groups in total. The summed E-state index contributed by atoms with van der Waals surface area (Å²) in [5, 5.41) is 0. The second-order valence-corrected chi connectivity index (χ2v) is 4.25. The Hall–Kier alpha value is -0.480. The molecule has 1 unspecified atom stereocenters. The Morgan fingerprint density at radius 3 is 2.79 bits per heavy atom. The predicted octanol–water partition coefficient (Wildman–Crippen LogP) is 1.58. The molecule has 3 nitrogen and oxygen atoms in total. The highest BCUT2D eigenvalue weighted by Crippen LogP contribution is 2.09. The third-order valence-corrected chi connectivity index (χ3v) is 2.63. The minimum atomic E-state index is -0.291. The monoisotopic (exact) mass is 217 g/mol. The fraction of sp³-hybridized carbons (Fsp3) is 0.700. The van der Waals surface area contributed by atoms with Gasteiger partial charge in [0.15, 0.2) is 0 Å². The van der Waals surface area contributed by atoms with Gasteiger partial charge in [0, 0.05) is 17.4 Å². The summed E-state index contributed by atoms with van der Waals surface area (Å²) in [6, 6.07) is 0.221. The van der Waals surface area contributed by atoms with Gasteiger partial charge < -0.3 is 10.5 Å². The molecule has 0 aromatic rings. The molecule has 0 bridgehead atoms. The van der Waals surface area contributed by atoms with Gasteiger partial charge in [-0.25, -0.2) is 4.79 Å². The number of hydrogen-bond acceptors (Lipinski definition) is 4. The van der Waals surface area contributed by atoms with E-state index < -0.39 is 0 Å². The van der Waals surface area contributed by atoms with Gasteiger partial charge >= 0.3 is 5.97 Å². The zero-order chi connectivity index (χ0) is 11.0.